The molecule has 5 nitrogen and oxygen atoms in total. The number of hydrogen-bond donors (Lipinski definition) is 0. The number of anilines is 1. The lowest BCUT2D eigenvalue weighted by atomic mass is 10.2. The number of piperazine rings is 1. The van der Waals surface area contributed by atoms with Crippen LogP contribution in [-0.4, -0.2) is 47.0 Å². The predicted octanol–water partition coefficient (Wildman–Crippen LogP) is 3.28. The highest BCUT2D eigenvalue weighted by molar-refractivity contribution is 7.18. The van der Waals surface area contributed by atoms with Gasteiger partial charge in [-0.25, -0.2) is 9.97 Å². The van der Waals surface area contributed by atoms with Gasteiger partial charge in [-0.1, -0.05) is 13.0 Å². The Kier molecular flexibility index (Phi) is 4.20. The van der Waals surface area contributed by atoms with Gasteiger partial charge in [0, 0.05) is 31.1 Å². The van der Waals surface area contributed by atoms with E-state index in [1.54, 1.807) is 17.7 Å². The summed E-state index contributed by atoms with van der Waals surface area (Å²) in [5, 5.41) is 3.08. The van der Waals surface area contributed by atoms with E-state index < -0.39 is 0 Å². The Bertz CT molecular complexity index is 851. The summed E-state index contributed by atoms with van der Waals surface area (Å²) in [5.74, 6) is 1.14. The van der Waals surface area contributed by atoms with Gasteiger partial charge >= 0.3 is 0 Å². The van der Waals surface area contributed by atoms with E-state index in [0.717, 1.165) is 53.5 Å². The Morgan fingerprint density at radius 3 is 2.79 bits per heavy atom. The summed E-state index contributed by atoms with van der Waals surface area (Å²) in [4.78, 5) is 28.8. The fourth-order valence-corrected chi connectivity index (χ4v) is 4.62. The summed E-state index contributed by atoms with van der Waals surface area (Å²) >= 11 is 3.24. The van der Waals surface area contributed by atoms with Gasteiger partial charge in [-0.2, -0.15) is 0 Å². The second kappa shape index (κ2) is 6.49. The number of aromatic nitrogens is 2. The molecule has 0 bridgehead atoms. The lowest BCUT2D eigenvalue weighted by Crippen LogP contribution is -2.49. The van der Waals surface area contributed by atoms with Gasteiger partial charge in [-0.3, -0.25) is 4.79 Å². The lowest BCUT2D eigenvalue weighted by Gasteiger charge is -2.35. The average Bonchev–Trinajstić information content (AvgIpc) is 3.30. The van der Waals surface area contributed by atoms with Crippen LogP contribution in [0.2, 0.25) is 0 Å². The Morgan fingerprint density at radius 2 is 2.08 bits per heavy atom. The van der Waals surface area contributed by atoms with E-state index in [2.05, 4.69) is 27.9 Å². The molecule has 4 heterocycles. The van der Waals surface area contributed by atoms with Gasteiger partial charge in [0.15, 0.2) is 0 Å². The Morgan fingerprint density at radius 1 is 1.25 bits per heavy atom. The molecule has 1 fully saturated rings. The third-order valence-electron chi connectivity index (χ3n) is 4.31. The second-order valence-corrected chi connectivity index (χ2v) is 7.80. The number of amides is 1. The van der Waals surface area contributed by atoms with E-state index in [0.29, 0.717) is 0 Å². The van der Waals surface area contributed by atoms with Crippen molar-refractivity contribution in [2.45, 2.75) is 13.3 Å². The zero-order chi connectivity index (χ0) is 16.5. The first-order valence-electron chi connectivity index (χ1n) is 8.07. The average molecular weight is 358 g/mol. The highest BCUT2D eigenvalue weighted by Gasteiger charge is 2.24. The molecule has 3 aromatic heterocycles. The zero-order valence-electron chi connectivity index (χ0n) is 13.4. The van der Waals surface area contributed by atoms with Gasteiger partial charge in [0.2, 0.25) is 0 Å². The van der Waals surface area contributed by atoms with Gasteiger partial charge in [-0.15, -0.1) is 22.7 Å². The molecule has 0 spiro atoms. The molecule has 1 amide bonds. The van der Waals surface area contributed by atoms with Gasteiger partial charge in [-0.05, 0) is 23.9 Å². The van der Waals surface area contributed by atoms with Gasteiger partial charge in [0.05, 0.1) is 10.3 Å². The van der Waals surface area contributed by atoms with E-state index in [4.69, 9.17) is 0 Å². The summed E-state index contributed by atoms with van der Waals surface area (Å²) in [7, 11) is 0. The molecule has 0 aliphatic carbocycles. The third-order valence-corrected chi connectivity index (χ3v) is 6.35. The van der Waals surface area contributed by atoms with Crippen LogP contribution in [0.25, 0.3) is 10.2 Å². The maximum Gasteiger partial charge on any atom is 0.264 e. The van der Waals surface area contributed by atoms with Crippen LogP contribution in [0.15, 0.2) is 29.9 Å². The third kappa shape index (κ3) is 2.78. The number of hydrogen-bond acceptors (Lipinski definition) is 6. The van der Waals surface area contributed by atoms with Crippen molar-refractivity contribution in [1.29, 1.82) is 0 Å². The van der Waals surface area contributed by atoms with E-state index in [1.165, 1.54) is 16.2 Å². The van der Waals surface area contributed by atoms with Crippen LogP contribution in [0.3, 0.4) is 0 Å². The van der Waals surface area contributed by atoms with Crippen LogP contribution >= 0.6 is 22.7 Å². The normalized spacial score (nSPS) is 15.2. The van der Waals surface area contributed by atoms with Gasteiger partial charge < -0.3 is 9.80 Å². The molecule has 0 saturated carbocycles. The highest BCUT2D eigenvalue weighted by Crippen LogP contribution is 2.31. The number of carbonyl (C=O) groups is 1. The van der Waals surface area contributed by atoms with Crippen molar-refractivity contribution in [2.75, 3.05) is 31.1 Å². The first kappa shape index (κ1) is 15.5. The molecule has 3 aromatic rings. The molecule has 24 heavy (non-hydrogen) atoms. The number of aryl methyl sites for hydroxylation is 1. The van der Waals surface area contributed by atoms with Crippen LogP contribution in [0.4, 0.5) is 5.82 Å². The number of fused-ring (bicyclic) bond motifs is 1. The van der Waals surface area contributed by atoms with Crippen LogP contribution in [0.1, 0.15) is 21.5 Å². The maximum absolute atomic E-state index is 12.5. The zero-order valence-corrected chi connectivity index (χ0v) is 15.1. The molecule has 0 unspecified atom stereocenters. The number of thiophene rings is 2. The fraction of sp³-hybridized carbons (Fsp3) is 0.353. The molecule has 0 atom stereocenters. The molecule has 1 aliphatic rings. The number of rotatable bonds is 3. The van der Waals surface area contributed by atoms with E-state index in [1.807, 2.05) is 22.4 Å². The lowest BCUT2D eigenvalue weighted by molar-refractivity contribution is 0.0751. The first-order chi connectivity index (χ1) is 11.8. The monoisotopic (exact) mass is 358 g/mol. The second-order valence-electron chi connectivity index (χ2n) is 5.74. The Labute approximate surface area is 148 Å². The predicted molar refractivity (Wildman–Crippen MR) is 99.2 cm³/mol. The minimum absolute atomic E-state index is 0.140. The number of carbonyl (C=O) groups excluding carboxylic acids is 1. The quantitative estimate of drug-likeness (QED) is 0.721. The van der Waals surface area contributed by atoms with Crippen molar-refractivity contribution in [2.24, 2.45) is 0 Å². The summed E-state index contributed by atoms with van der Waals surface area (Å²) in [6, 6.07) is 6.02. The standard InChI is InChI=1S/C17H18N4OS2/c1-2-12-10-13-15(18-11-19-16(13)24-12)20-5-7-21(8-6-20)17(22)14-4-3-9-23-14/h3-4,9-11H,2,5-8H2,1H3. The molecular weight excluding hydrogens is 340 g/mol. The Hall–Kier alpha value is -1.99. The minimum Gasteiger partial charge on any atom is -0.352 e. The van der Waals surface area contributed by atoms with Crippen molar-refractivity contribution in [3.63, 3.8) is 0 Å². The molecule has 1 aliphatic heterocycles. The molecule has 0 N–H and O–H groups in total. The fourth-order valence-electron chi connectivity index (χ4n) is 3.00. The van der Waals surface area contributed by atoms with E-state index >= 15 is 0 Å². The SMILES string of the molecule is CCc1cc2c(N3CCN(C(=O)c4cccs4)CC3)ncnc2s1. The van der Waals surface area contributed by atoms with E-state index in [9.17, 15) is 4.79 Å². The van der Waals surface area contributed by atoms with Crippen LogP contribution < -0.4 is 4.90 Å². The van der Waals surface area contributed by atoms with Crippen molar-refractivity contribution in [3.8, 4) is 0 Å². The van der Waals surface area contributed by atoms with Crippen LogP contribution in [-0.2, 0) is 6.42 Å². The maximum atomic E-state index is 12.5. The summed E-state index contributed by atoms with van der Waals surface area (Å²) in [6.45, 7) is 5.23. The first-order valence-corrected chi connectivity index (χ1v) is 9.77. The van der Waals surface area contributed by atoms with Crippen molar-refractivity contribution < 1.29 is 4.79 Å². The van der Waals surface area contributed by atoms with Gasteiger partial charge in [0.1, 0.15) is 17.0 Å². The molecular formula is C17H18N4OS2. The molecule has 0 radical (unpaired) electrons. The smallest absolute Gasteiger partial charge is 0.264 e. The number of nitrogens with zero attached hydrogens (tertiary/aromatic N) is 4. The molecule has 124 valence electrons. The van der Waals surface area contributed by atoms with Crippen molar-refractivity contribution in [1.82, 2.24) is 14.9 Å². The highest BCUT2D eigenvalue weighted by atomic mass is 32.1. The van der Waals surface area contributed by atoms with Gasteiger partial charge in [0.25, 0.3) is 5.91 Å². The largest absolute Gasteiger partial charge is 0.352 e. The molecule has 0 aromatic carbocycles. The van der Waals surface area contributed by atoms with E-state index in [-0.39, 0.29) is 5.91 Å². The summed E-state index contributed by atoms with van der Waals surface area (Å²) < 4.78 is 0. The molecule has 4 rings (SSSR count). The Balaban J connectivity index is 1.52. The van der Waals surface area contributed by atoms with Crippen LogP contribution in [0, 0.1) is 0 Å². The molecule has 7 heteroatoms. The van der Waals surface area contributed by atoms with Crippen molar-refractivity contribution in [3.05, 3.63) is 39.7 Å². The van der Waals surface area contributed by atoms with Crippen molar-refractivity contribution >= 4 is 44.6 Å². The topological polar surface area (TPSA) is 49.3 Å². The molecule has 1 saturated heterocycles. The van der Waals surface area contributed by atoms with Crippen LogP contribution in [0.5, 0.6) is 0 Å². The minimum atomic E-state index is 0.140. The summed E-state index contributed by atoms with van der Waals surface area (Å²) in [6.07, 6.45) is 2.67. The summed E-state index contributed by atoms with van der Waals surface area (Å²) in [5.41, 5.74) is 0.